The van der Waals surface area contributed by atoms with E-state index >= 15 is 0 Å². The topological polar surface area (TPSA) is 66.3 Å². The molecule has 0 spiro atoms. The summed E-state index contributed by atoms with van der Waals surface area (Å²) < 4.78 is 0. The largest absolute Gasteiger partial charge is 0.481 e. The first-order chi connectivity index (χ1) is 9.06. The van der Waals surface area contributed by atoms with Gasteiger partial charge in [0.15, 0.2) is 0 Å². The highest BCUT2D eigenvalue weighted by atomic mass is 16.4. The van der Waals surface area contributed by atoms with Crippen LogP contribution in [0.2, 0.25) is 0 Å². The van der Waals surface area contributed by atoms with Gasteiger partial charge >= 0.3 is 5.97 Å². The van der Waals surface area contributed by atoms with Gasteiger partial charge in [0.2, 0.25) is 0 Å². The molecule has 0 aliphatic carbocycles. The van der Waals surface area contributed by atoms with E-state index in [0.717, 1.165) is 37.3 Å². The zero-order valence-electron chi connectivity index (χ0n) is 11.5. The van der Waals surface area contributed by atoms with Crippen LogP contribution in [-0.2, 0) is 11.2 Å². The third kappa shape index (κ3) is 3.66. The van der Waals surface area contributed by atoms with E-state index in [1.807, 2.05) is 6.07 Å². The molecule has 0 radical (unpaired) electrons. The molecule has 5 heteroatoms. The van der Waals surface area contributed by atoms with Gasteiger partial charge in [-0.15, -0.1) is 0 Å². The predicted octanol–water partition coefficient (Wildman–Crippen LogP) is 1.98. The number of aromatic nitrogens is 2. The van der Waals surface area contributed by atoms with Crippen molar-refractivity contribution in [3.05, 3.63) is 18.1 Å². The van der Waals surface area contributed by atoms with Crippen LogP contribution in [0.4, 0.5) is 5.82 Å². The molecule has 104 valence electrons. The van der Waals surface area contributed by atoms with Crippen molar-refractivity contribution in [2.24, 2.45) is 11.8 Å². The highest BCUT2D eigenvalue weighted by Gasteiger charge is 2.26. The van der Waals surface area contributed by atoms with Gasteiger partial charge in [0.25, 0.3) is 0 Å². The van der Waals surface area contributed by atoms with E-state index in [-0.39, 0.29) is 5.92 Å². The Balaban J connectivity index is 2.10. The number of carboxylic acid groups (broad SMARTS) is 1. The van der Waals surface area contributed by atoms with Gasteiger partial charge in [-0.2, -0.15) is 0 Å². The number of carboxylic acids is 1. The number of carbonyl (C=O) groups is 1. The van der Waals surface area contributed by atoms with Crippen LogP contribution in [-0.4, -0.2) is 34.1 Å². The van der Waals surface area contributed by atoms with E-state index in [9.17, 15) is 4.79 Å². The highest BCUT2D eigenvalue weighted by Crippen LogP contribution is 2.22. The van der Waals surface area contributed by atoms with Crippen molar-refractivity contribution in [1.82, 2.24) is 9.97 Å². The van der Waals surface area contributed by atoms with Crippen molar-refractivity contribution in [2.45, 2.75) is 33.1 Å². The quantitative estimate of drug-likeness (QED) is 0.899. The number of piperidine rings is 1. The van der Waals surface area contributed by atoms with Crippen LogP contribution in [0.3, 0.4) is 0 Å². The van der Waals surface area contributed by atoms with E-state index in [4.69, 9.17) is 5.11 Å². The van der Waals surface area contributed by atoms with Gasteiger partial charge in [0, 0.05) is 24.8 Å². The molecule has 1 aliphatic heterocycles. The minimum Gasteiger partial charge on any atom is -0.481 e. The molecule has 0 aromatic carbocycles. The van der Waals surface area contributed by atoms with Crippen LogP contribution < -0.4 is 4.90 Å². The summed E-state index contributed by atoms with van der Waals surface area (Å²) in [4.78, 5) is 21.7. The molecule has 2 heterocycles. The summed E-state index contributed by atoms with van der Waals surface area (Å²) in [7, 11) is 0. The molecule has 1 aromatic heterocycles. The maximum atomic E-state index is 11.1. The summed E-state index contributed by atoms with van der Waals surface area (Å²) in [5, 5.41) is 9.12. The van der Waals surface area contributed by atoms with Gasteiger partial charge < -0.3 is 10.0 Å². The molecule has 1 N–H and O–H groups in total. The maximum Gasteiger partial charge on any atom is 0.308 e. The summed E-state index contributed by atoms with van der Waals surface area (Å²) in [5.41, 5.74) is 1.03. The van der Waals surface area contributed by atoms with Crippen LogP contribution in [0, 0.1) is 11.8 Å². The molecular weight excluding hydrogens is 242 g/mol. The first-order valence-electron chi connectivity index (χ1n) is 6.85. The number of hydrogen-bond donors (Lipinski definition) is 1. The molecule has 1 atom stereocenters. The molecule has 19 heavy (non-hydrogen) atoms. The molecule has 1 unspecified atom stereocenters. The smallest absolute Gasteiger partial charge is 0.308 e. The van der Waals surface area contributed by atoms with Crippen molar-refractivity contribution in [3.8, 4) is 0 Å². The minimum atomic E-state index is -0.707. The van der Waals surface area contributed by atoms with Crippen LogP contribution in [0.1, 0.15) is 32.4 Å². The first kappa shape index (κ1) is 13.8. The molecule has 1 aliphatic rings. The fourth-order valence-corrected chi connectivity index (χ4v) is 2.48. The van der Waals surface area contributed by atoms with Gasteiger partial charge in [0.05, 0.1) is 5.92 Å². The predicted molar refractivity (Wildman–Crippen MR) is 73.1 cm³/mol. The highest BCUT2D eigenvalue weighted by molar-refractivity contribution is 5.71. The fourth-order valence-electron chi connectivity index (χ4n) is 2.48. The van der Waals surface area contributed by atoms with Gasteiger partial charge in [-0.1, -0.05) is 13.8 Å². The number of hydrogen-bond acceptors (Lipinski definition) is 4. The lowest BCUT2D eigenvalue weighted by Crippen LogP contribution is -2.39. The third-order valence-electron chi connectivity index (χ3n) is 3.42. The zero-order valence-corrected chi connectivity index (χ0v) is 11.5. The lowest BCUT2D eigenvalue weighted by Gasteiger charge is -2.31. The van der Waals surface area contributed by atoms with Crippen molar-refractivity contribution in [2.75, 3.05) is 18.0 Å². The summed E-state index contributed by atoms with van der Waals surface area (Å²) in [5.74, 6) is 0.422. The SMILES string of the molecule is CC(C)Cc1cc(N2CCCC(C(=O)O)C2)ncn1. The van der Waals surface area contributed by atoms with Gasteiger partial charge in [-0.05, 0) is 25.2 Å². The fraction of sp³-hybridized carbons (Fsp3) is 0.643. The Hall–Kier alpha value is -1.65. The third-order valence-corrected chi connectivity index (χ3v) is 3.42. The van der Waals surface area contributed by atoms with Gasteiger partial charge in [-0.3, -0.25) is 4.79 Å². The molecule has 0 saturated carbocycles. The van der Waals surface area contributed by atoms with Crippen LogP contribution >= 0.6 is 0 Å². The molecule has 1 fully saturated rings. The normalized spacial score (nSPS) is 19.7. The average Bonchev–Trinajstić information content (AvgIpc) is 2.38. The van der Waals surface area contributed by atoms with Crippen molar-refractivity contribution in [1.29, 1.82) is 0 Å². The van der Waals surface area contributed by atoms with Crippen LogP contribution in [0.25, 0.3) is 0 Å². The summed E-state index contributed by atoms with van der Waals surface area (Å²) in [6.45, 7) is 5.74. The van der Waals surface area contributed by atoms with Gasteiger partial charge in [0.1, 0.15) is 12.1 Å². The Labute approximate surface area is 113 Å². The molecular formula is C14H21N3O2. The molecule has 2 rings (SSSR count). The van der Waals surface area contributed by atoms with E-state index in [0.29, 0.717) is 12.5 Å². The standard InChI is InChI=1S/C14H21N3O2/c1-10(2)6-12-7-13(16-9-15-12)17-5-3-4-11(8-17)14(18)19/h7,9-11H,3-6,8H2,1-2H3,(H,18,19). The number of anilines is 1. The molecule has 1 aromatic rings. The Morgan fingerprint density at radius 3 is 3.00 bits per heavy atom. The van der Waals surface area contributed by atoms with Crippen LogP contribution in [0.5, 0.6) is 0 Å². The Kier molecular flexibility index (Phi) is 4.35. The van der Waals surface area contributed by atoms with E-state index in [1.54, 1.807) is 6.33 Å². The summed E-state index contributed by atoms with van der Waals surface area (Å²) in [6.07, 6.45) is 4.17. The second-order valence-corrected chi connectivity index (χ2v) is 5.59. The second kappa shape index (κ2) is 5.99. The van der Waals surface area contributed by atoms with Crippen molar-refractivity contribution in [3.63, 3.8) is 0 Å². The Bertz CT molecular complexity index is 448. The van der Waals surface area contributed by atoms with Gasteiger partial charge in [-0.25, -0.2) is 9.97 Å². The monoisotopic (exact) mass is 263 g/mol. The Morgan fingerprint density at radius 2 is 2.32 bits per heavy atom. The molecule has 1 saturated heterocycles. The molecule has 0 amide bonds. The lowest BCUT2D eigenvalue weighted by atomic mass is 9.98. The first-order valence-corrected chi connectivity index (χ1v) is 6.85. The average molecular weight is 263 g/mol. The summed E-state index contributed by atoms with van der Waals surface area (Å²) in [6, 6.07) is 1.99. The number of rotatable bonds is 4. The Morgan fingerprint density at radius 1 is 1.53 bits per heavy atom. The van der Waals surface area contributed by atoms with Crippen molar-refractivity contribution >= 4 is 11.8 Å². The second-order valence-electron chi connectivity index (χ2n) is 5.59. The van der Waals surface area contributed by atoms with E-state index in [2.05, 4.69) is 28.7 Å². The molecule has 0 bridgehead atoms. The molecule has 5 nitrogen and oxygen atoms in total. The minimum absolute atomic E-state index is 0.280. The number of nitrogens with zero attached hydrogens (tertiary/aromatic N) is 3. The summed E-state index contributed by atoms with van der Waals surface area (Å²) >= 11 is 0. The maximum absolute atomic E-state index is 11.1. The van der Waals surface area contributed by atoms with E-state index in [1.165, 1.54) is 0 Å². The zero-order chi connectivity index (χ0) is 13.8. The van der Waals surface area contributed by atoms with Crippen molar-refractivity contribution < 1.29 is 9.90 Å². The lowest BCUT2D eigenvalue weighted by molar-refractivity contribution is -0.141. The van der Waals surface area contributed by atoms with E-state index < -0.39 is 5.97 Å². The number of aliphatic carboxylic acids is 1. The van der Waals surface area contributed by atoms with Crippen LogP contribution in [0.15, 0.2) is 12.4 Å².